The lowest BCUT2D eigenvalue weighted by molar-refractivity contribution is -0.124. The lowest BCUT2D eigenvalue weighted by atomic mass is 9.89. The fraction of sp³-hybridized carbons (Fsp3) is 0.440. The normalized spacial score (nSPS) is 21.8. The van der Waals surface area contributed by atoms with Crippen molar-refractivity contribution >= 4 is 57.4 Å². The molecule has 2 amide bonds. The molecule has 2 aliphatic carbocycles. The number of morpholine rings is 2. The van der Waals surface area contributed by atoms with E-state index in [1.54, 1.807) is 21.1 Å². The van der Waals surface area contributed by atoms with E-state index >= 15 is 0 Å². The van der Waals surface area contributed by atoms with Gasteiger partial charge in [-0.2, -0.15) is 0 Å². The van der Waals surface area contributed by atoms with Gasteiger partial charge in [-0.15, -0.1) is 22.7 Å². The number of fused-ring (bicyclic) bond motifs is 2. The summed E-state index contributed by atoms with van der Waals surface area (Å²) in [7, 11) is 0. The maximum atomic E-state index is 12.9. The number of amides is 2. The molecule has 64 heavy (non-hydrogen) atoms. The number of rotatable bonds is 12. The largest absolute Gasteiger partial charge is 0.381 e. The van der Waals surface area contributed by atoms with Crippen LogP contribution in [0.3, 0.4) is 0 Å². The van der Waals surface area contributed by atoms with Crippen LogP contribution in [0, 0.1) is 0 Å². The number of carbonyl (C=O) groups is 4. The van der Waals surface area contributed by atoms with Crippen LogP contribution in [0.25, 0.3) is 0 Å². The van der Waals surface area contributed by atoms with E-state index in [0.717, 1.165) is 128 Å². The molecule has 12 nitrogen and oxygen atoms in total. The zero-order valence-corrected chi connectivity index (χ0v) is 38.2. The van der Waals surface area contributed by atoms with Gasteiger partial charge in [-0.3, -0.25) is 29.0 Å². The number of hydrogen-bond acceptors (Lipinski definition) is 12. The van der Waals surface area contributed by atoms with Gasteiger partial charge in [-0.1, -0.05) is 48.6 Å². The molecule has 14 heteroatoms. The smallest absolute Gasteiger partial charge is 0.265 e. The van der Waals surface area contributed by atoms with Crippen molar-refractivity contribution in [2.45, 2.75) is 89.9 Å². The third kappa shape index (κ3) is 10.1. The third-order valence-electron chi connectivity index (χ3n) is 13.3. The third-order valence-corrected chi connectivity index (χ3v) is 15.4. The number of anilines is 2. The van der Waals surface area contributed by atoms with E-state index in [1.165, 1.54) is 27.3 Å². The first kappa shape index (κ1) is 44.3. The predicted octanol–water partition coefficient (Wildman–Crippen LogP) is 7.65. The predicted molar refractivity (Wildman–Crippen MR) is 252 cm³/mol. The Labute approximate surface area is 383 Å². The topological polar surface area (TPSA) is 124 Å². The second kappa shape index (κ2) is 20.1. The van der Waals surface area contributed by atoms with E-state index in [0.29, 0.717) is 51.9 Å². The molecule has 6 heterocycles. The number of thiophene rings is 2. The molecule has 2 saturated carbocycles. The fourth-order valence-electron chi connectivity index (χ4n) is 9.55. The second-order valence-electron chi connectivity index (χ2n) is 17.8. The Kier molecular flexibility index (Phi) is 13.9. The number of nitrogens with zero attached hydrogens (tertiary/aromatic N) is 4. The summed E-state index contributed by atoms with van der Waals surface area (Å²) >= 11 is 3.12. The van der Waals surface area contributed by atoms with E-state index in [2.05, 4.69) is 87.5 Å². The fourth-order valence-corrected chi connectivity index (χ4v) is 11.6. The quantitative estimate of drug-likeness (QED) is 0.137. The zero-order chi connectivity index (χ0) is 44.2. The van der Waals surface area contributed by atoms with Crippen molar-refractivity contribution in [3.8, 4) is 0 Å². The molecule has 336 valence electrons. The molecule has 10 rings (SSSR count). The Morgan fingerprint density at radius 3 is 1.64 bits per heavy atom. The van der Waals surface area contributed by atoms with Gasteiger partial charge >= 0.3 is 0 Å². The van der Waals surface area contributed by atoms with E-state index in [9.17, 15) is 19.2 Å². The van der Waals surface area contributed by atoms with Gasteiger partial charge < -0.3 is 29.9 Å². The second-order valence-corrected chi connectivity index (χ2v) is 19.6. The molecule has 6 aliphatic rings. The first-order chi connectivity index (χ1) is 31.2. The average Bonchev–Trinajstić information content (AvgIpc) is 4.07. The van der Waals surface area contributed by atoms with Crippen molar-refractivity contribution in [2.24, 2.45) is 0 Å². The number of hydrogen-bond donors (Lipinski definition) is 2. The molecule has 0 spiro atoms. The standard InChI is InChI=1S/2C25H29N3O3S/c1-17-2-7-22(23(29)12-17)28-15-21-19(16-32-24(21)25(28)30)13-26-20-5-3-18(4-6-20)14-27-8-10-31-11-9-27;1-17-2-7-22(23(29)12-17)28-15-20-21(25(28)30)16-32-24(20)13-26-19-5-3-18(4-6-19)14-27-8-10-31-11-9-27/h2*3-6,16,22,26H,1-2,7-15H2/t2*22-/m00/s1. The highest BCUT2D eigenvalue weighted by Gasteiger charge is 2.41. The van der Waals surface area contributed by atoms with Crippen molar-refractivity contribution in [3.05, 3.63) is 127 Å². The van der Waals surface area contributed by atoms with Crippen LogP contribution in [-0.2, 0) is 58.3 Å². The van der Waals surface area contributed by atoms with Crippen LogP contribution >= 0.6 is 22.7 Å². The first-order valence-corrected chi connectivity index (χ1v) is 24.4. The lowest BCUT2D eigenvalue weighted by Gasteiger charge is -2.30. The Hall–Kier alpha value is -4.96. The number of nitrogens with one attached hydrogen (secondary N) is 2. The van der Waals surface area contributed by atoms with Gasteiger partial charge in [0.1, 0.15) is 0 Å². The Morgan fingerprint density at radius 2 is 1.11 bits per heavy atom. The summed E-state index contributed by atoms with van der Waals surface area (Å²) < 4.78 is 10.8. The lowest BCUT2D eigenvalue weighted by Crippen LogP contribution is -2.43. The minimum atomic E-state index is -0.301. The van der Waals surface area contributed by atoms with Gasteiger partial charge in [0, 0.05) is 105 Å². The minimum absolute atomic E-state index is 0.000767. The number of carbonyl (C=O) groups excluding carboxylic acids is 4. The van der Waals surface area contributed by atoms with Crippen LogP contribution in [0.4, 0.5) is 11.4 Å². The van der Waals surface area contributed by atoms with Gasteiger partial charge in [0.05, 0.1) is 49.0 Å². The van der Waals surface area contributed by atoms with Crippen molar-refractivity contribution in [3.63, 3.8) is 0 Å². The van der Waals surface area contributed by atoms with Crippen LogP contribution in [0.2, 0.25) is 0 Å². The number of ether oxygens (including phenoxy) is 2. The van der Waals surface area contributed by atoms with Crippen LogP contribution in [0.15, 0.2) is 83.6 Å². The summed E-state index contributed by atoms with van der Waals surface area (Å²) in [6, 6.07) is 16.6. The highest BCUT2D eigenvalue weighted by atomic mass is 32.1. The summed E-state index contributed by atoms with van der Waals surface area (Å²) in [4.78, 5) is 61.2. The zero-order valence-electron chi connectivity index (χ0n) is 36.5. The summed E-state index contributed by atoms with van der Waals surface area (Å²) in [6.07, 6.45) is 3.84. The van der Waals surface area contributed by atoms with E-state index in [-0.39, 0.29) is 35.5 Å². The Morgan fingerprint density at radius 1 is 0.609 bits per heavy atom. The average molecular weight is 903 g/mol. The van der Waals surface area contributed by atoms with E-state index in [4.69, 9.17) is 9.47 Å². The molecule has 2 N–H and O–H groups in total. The number of Topliss-reactive ketones (excluding diaryl/α,β-unsaturated/α-hetero) is 2. The molecule has 2 atom stereocenters. The summed E-state index contributed by atoms with van der Waals surface area (Å²) in [5, 5.41) is 11.0. The molecule has 2 aromatic heterocycles. The van der Waals surface area contributed by atoms with E-state index in [1.807, 2.05) is 5.38 Å². The molecule has 0 radical (unpaired) electrons. The van der Waals surface area contributed by atoms with Crippen molar-refractivity contribution < 1.29 is 28.7 Å². The summed E-state index contributed by atoms with van der Waals surface area (Å²) in [5.74, 6) is 0.261. The Bertz CT molecular complexity index is 2210. The molecule has 4 aliphatic heterocycles. The maximum absolute atomic E-state index is 12.9. The van der Waals surface area contributed by atoms with Crippen LogP contribution in [0.5, 0.6) is 0 Å². The molecule has 4 fully saturated rings. The highest BCUT2D eigenvalue weighted by molar-refractivity contribution is 7.12. The molecule has 0 bridgehead atoms. The van der Waals surface area contributed by atoms with Crippen LogP contribution in [0.1, 0.15) is 91.2 Å². The SMILES string of the molecule is C=C1CC[C@H](N2Cc3c(CNc4ccc(CN5CCOCC5)cc4)csc3C2=O)C(=O)C1.C=C1CC[C@H](N2Cc3c(csc3CNc3ccc(CN4CCOCC4)cc3)C2=O)C(=O)C1. The molecule has 2 aromatic carbocycles. The van der Waals surface area contributed by atoms with Gasteiger partial charge in [0.2, 0.25) is 0 Å². The monoisotopic (exact) mass is 902 g/mol. The summed E-state index contributed by atoms with van der Waals surface area (Å²) in [5.41, 5.74) is 10.8. The highest BCUT2D eigenvalue weighted by Crippen LogP contribution is 2.37. The number of ketones is 2. The molecule has 2 saturated heterocycles. The van der Waals surface area contributed by atoms with Crippen LogP contribution in [-0.4, -0.2) is 108 Å². The number of benzene rings is 2. The first-order valence-electron chi connectivity index (χ1n) is 22.6. The van der Waals surface area contributed by atoms with Gasteiger partial charge in [0.15, 0.2) is 11.6 Å². The van der Waals surface area contributed by atoms with Crippen molar-refractivity contribution in [1.29, 1.82) is 0 Å². The minimum Gasteiger partial charge on any atom is -0.381 e. The molecule has 4 aromatic rings. The molecular formula is C50H58N6O6S2. The van der Waals surface area contributed by atoms with Crippen molar-refractivity contribution in [1.82, 2.24) is 19.6 Å². The van der Waals surface area contributed by atoms with Gasteiger partial charge in [-0.25, -0.2) is 0 Å². The van der Waals surface area contributed by atoms with Crippen LogP contribution < -0.4 is 10.6 Å². The number of allylic oxidation sites excluding steroid dienone is 2. The maximum Gasteiger partial charge on any atom is 0.265 e. The van der Waals surface area contributed by atoms with E-state index < -0.39 is 0 Å². The van der Waals surface area contributed by atoms with Gasteiger partial charge in [0.25, 0.3) is 11.8 Å². The summed E-state index contributed by atoms with van der Waals surface area (Å²) in [6.45, 7) is 19.4. The Balaban J connectivity index is 0.000000162. The molecule has 0 unspecified atom stereocenters. The molecular weight excluding hydrogens is 845 g/mol. The van der Waals surface area contributed by atoms with Gasteiger partial charge in [-0.05, 0) is 77.6 Å². The van der Waals surface area contributed by atoms with Crippen molar-refractivity contribution in [2.75, 3.05) is 63.2 Å².